The van der Waals surface area contributed by atoms with E-state index in [1.807, 2.05) is 11.1 Å². The van der Waals surface area contributed by atoms with Crippen molar-refractivity contribution in [2.45, 2.75) is 32.0 Å². The minimum absolute atomic E-state index is 0.0329. The van der Waals surface area contributed by atoms with Gasteiger partial charge in [-0.05, 0) is 47.3 Å². The van der Waals surface area contributed by atoms with Gasteiger partial charge in [0.05, 0.1) is 10.2 Å². The average molecular weight is 301 g/mol. The Bertz CT molecular complexity index is 435. The molecule has 0 aromatic heterocycles. The van der Waals surface area contributed by atoms with E-state index >= 15 is 0 Å². The molecular weight excluding hydrogens is 287 g/mol. The number of hydrogen-bond acceptors (Lipinski definition) is 3. The maximum Gasteiger partial charge on any atom is 0.144 e. The Morgan fingerprint density at radius 2 is 2.29 bits per heavy atom. The van der Waals surface area contributed by atoms with E-state index in [1.54, 1.807) is 6.07 Å². The largest absolute Gasteiger partial charge is 0.357 e. The van der Waals surface area contributed by atoms with Crippen LogP contribution in [-0.4, -0.2) is 12.8 Å². The van der Waals surface area contributed by atoms with Gasteiger partial charge in [-0.1, -0.05) is 0 Å². The predicted octanol–water partition coefficient (Wildman–Crippen LogP) is 2.94. The summed E-state index contributed by atoms with van der Waals surface area (Å²) < 4.78 is 20.1. The molecule has 1 fully saturated rings. The van der Waals surface area contributed by atoms with Gasteiger partial charge in [-0.25, -0.2) is 9.82 Å². The molecule has 2 aliphatic heterocycles. The number of hydrogen-bond donors (Lipinski definition) is 1. The molecule has 0 spiro atoms. The van der Waals surface area contributed by atoms with E-state index in [4.69, 9.17) is 4.74 Å². The van der Waals surface area contributed by atoms with Gasteiger partial charge in [0.25, 0.3) is 0 Å². The molecular formula is C12H14BrFN2O. The van der Waals surface area contributed by atoms with E-state index < -0.39 is 0 Å². The van der Waals surface area contributed by atoms with Crippen LogP contribution in [0.4, 0.5) is 10.1 Å². The van der Waals surface area contributed by atoms with Crippen molar-refractivity contribution >= 4 is 21.6 Å². The molecule has 0 saturated carbocycles. The van der Waals surface area contributed by atoms with E-state index in [2.05, 4.69) is 21.4 Å². The van der Waals surface area contributed by atoms with Gasteiger partial charge >= 0.3 is 0 Å². The SMILES string of the molecule is Fc1c(Br)ccc2c1CNN2C1CCCCO1. The molecule has 0 aliphatic carbocycles. The number of rotatable bonds is 1. The number of hydrazine groups is 1. The maximum atomic E-state index is 13.9. The van der Waals surface area contributed by atoms with Crippen molar-refractivity contribution in [1.29, 1.82) is 0 Å². The molecule has 1 aromatic rings. The summed E-state index contributed by atoms with van der Waals surface area (Å²) >= 11 is 3.21. The van der Waals surface area contributed by atoms with Crippen molar-refractivity contribution in [2.75, 3.05) is 11.6 Å². The van der Waals surface area contributed by atoms with Crippen LogP contribution in [0.5, 0.6) is 0 Å². The quantitative estimate of drug-likeness (QED) is 0.863. The fraction of sp³-hybridized carbons (Fsp3) is 0.500. The number of halogens is 2. The predicted molar refractivity (Wildman–Crippen MR) is 67.0 cm³/mol. The second-order valence-corrected chi connectivity index (χ2v) is 5.24. The zero-order chi connectivity index (χ0) is 11.8. The highest BCUT2D eigenvalue weighted by molar-refractivity contribution is 9.10. The first-order valence-corrected chi connectivity index (χ1v) is 6.68. The van der Waals surface area contributed by atoms with Gasteiger partial charge < -0.3 is 4.74 Å². The van der Waals surface area contributed by atoms with Crippen molar-refractivity contribution < 1.29 is 9.13 Å². The van der Waals surface area contributed by atoms with E-state index in [0.29, 0.717) is 16.6 Å². The Morgan fingerprint density at radius 3 is 3.06 bits per heavy atom. The molecule has 1 atom stereocenters. The molecule has 1 saturated heterocycles. The normalized spacial score (nSPS) is 23.9. The van der Waals surface area contributed by atoms with E-state index in [9.17, 15) is 4.39 Å². The second kappa shape index (κ2) is 4.55. The maximum absolute atomic E-state index is 13.9. The van der Waals surface area contributed by atoms with Crippen LogP contribution in [0.3, 0.4) is 0 Å². The summed E-state index contributed by atoms with van der Waals surface area (Å²) in [4.78, 5) is 0. The smallest absolute Gasteiger partial charge is 0.144 e. The fourth-order valence-corrected chi connectivity index (χ4v) is 2.78. The van der Waals surface area contributed by atoms with Crippen LogP contribution in [-0.2, 0) is 11.3 Å². The van der Waals surface area contributed by atoms with Gasteiger partial charge in [0.15, 0.2) is 0 Å². The number of anilines is 1. The number of benzene rings is 1. The van der Waals surface area contributed by atoms with Gasteiger partial charge in [0.1, 0.15) is 12.0 Å². The van der Waals surface area contributed by atoms with Crippen LogP contribution >= 0.6 is 15.9 Å². The lowest BCUT2D eigenvalue weighted by Gasteiger charge is -2.32. The Hall–Kier alpha value is -0.650. The molecule has 0 amide bonds. The molecule has 92 valence electrons. The lowest BCUT2D eigenvalue weighted by atomic mass is 10.1. The molecule has 17 heavy (non-hydrogen) atoms. The van der Waals surface area contributed by atoms with Gasteiger partial charge in [-0.15, -0.1) is 0 Å². The number of ether oxygens (including phenoxy) is 1. The lowest BCUT2D eigenvalue weighted by molar-refractivity contribution is 0.00928. The molecule has 3 nitrogen and oxygen atoms in total. The summed E-state index contributed by atoms with van der Waals surface area (Å²) in [5, 5.41) is 1.96. The monoisotopic (exact) mass is 300 g/mol. The molecule has 0 bridgehead atoms. The van der Waals surface area contributed by atoms with Crippen LogP contribution in [0.2, 0.25) is 0 Å². The van der Waals surface area contributed by atoms with Crippen molar-refractivity contribution in [3.05, 3.63) is 28.0 Å². The zero-order valence-corrected chi connectivity index (χ0v) is 11.0. The Kier molecular flexibility index (Phi) is 3.06. The van der Waals surface area contributed by atoms with Crippen molar-refractivity contribution in [3.63, 3.8) is 0 Å². The third-order valence-corrected chi connectivity index (χ3v) is 3.91. The highest BCUT2D eigenvalue weighted by atomic mass is 79.9. The molecule has 2 heterocycles. The molecule has 1 aromatic carbocycles. The zero-order valence-electron chi connectivity index (χ0n) is 9.38. The van der Waals surface area contributed by atoms with Gasteiger partial charge in [0, 0.05) is 18.7 Å². The van der Waals surface area contributed by atoms with Crippen molar-refractivity contribution in [1.82, 2.24) is 5.43 Å². The average Bonchev–Trinajstić information content (AvgIpc) is 2.79. The Balaban J connectivity index is 1.90. The summed E-state index contributed by atoms with van der Waals surface area (Å²) in [6.45, 7) is 1.32. The van der Waals surface area contributed by atoms with Crippen LogP contribution in [0.1, 0.15) is 24.8 Å². The molecule has 2 aliphatic rings. The minimum atomic E-state index is -0.173. The highest BCUT2D eigenvalue weighted by Crippen LogP contribution is 2.34. The summed E-state index contributed by atoms with van der Waals surface area (Å²) in [5.74, 6) is -0.173. The number of nitrogens with one attached hydrogen (secondary N) is 1. The van der Waals surface area contributed by atoms with E-state index in [0.717, 1.165) is 31.6 Å². The summed E-state index contributed by atoms with van der Waals surface area (Å²) in [7, 11) is 0. The fourth-order valence-electron chi connectivity index (χ4n) is 2.41. The third-order valence-electron chi connectivity index (χ3n) is 3.30. The first-order chi connectivity index (χ1) is 8.27. The highest BCUT2D eigenvalue weighted by Gasteiger charge is 2.30. The van der Waals surface area contributed by atoms with Crippen LogP contribution in [0.25, 0.3) is 0 Å². The van der Waals surface area contributed by atoms with E-state index in [1.165, 1.54) is 0 Å². The van der Waals surface area contributed by atoms with Crippen molar-refractivity contribution in [3.8, 4) is 0 Å². The topological polar surface area (TPSA) is 24.5 Å². The Labute approximate surface area is 108 Å². The molecule has 1 N–H and O–H groups in total. The van der Waals surface area contributed by atoms with E-state index in [-0.39, 0.29) is 12.0 Å². The molecule has 0 radical (unpaired) electrons. The second-order valence-electron chi connectivity index (χ2n) is 4.39. The Morgan fingerprint density at radius 1 is 1.41 bits per heavy atom. The van der Waals surface area contributed by atoms with Gasteiger partial charge in [-0.2, -0.15) is 0 Å². The van der Waals surface area contributed by atoms with Crippen LogP contribution in [0.15, 0.2) is 16.6 Å². The first kappa shape index (κ1) is 11.4. The molecule has 3 rings (SSSR count). The summed E-state index contributed by atoms with van der Waals surface area (Å²) in [6.07, 6.45) is 3.30. The van der Waals surface area contributed by atoms with Gasteiger partial charge in [-0.3, -0.25) is 5.01 Å². The number of fused-ring (bicyclic) bond motifs is 1. The lowest BCUT2D eigenvalue weighted by Crippen LogP contribution is -2.44. The minimum Gasteiger partial charge on any atom is -0.357 e. The first-order valence-electron chi connectivity index (χ1n) is 5.88. The number of nitrogens with zero attached hydrogens (tertiary/aromatic N) is 1. The van der Waals surface area contributed by atoms with Crippen LogP contribution < -0.4 is 10.4 Å². The van der Waals surface area contributed by atoms with Crippen LogP contribution in [0, 0.1) is 5.82 Å². The van der Waals surface area contributed by atoms with Crippen molar-refractivity contribution in [2.24, 2.45) is 0 Å². The third kappa shape index (κ3) is 1.96. The molecule has 1 unspecified atom stereocenters. The summed E-state index contributed by atoms with van der Waals surface area (Å²) in [6, 6.07) is 3.68. The summed E-state index contributed by atoms with van der Waals surface area (Å²) in [5.41, 5.74) is 4.82. The standard InChI is InChI=1S/C12H14BrFN2O/c13-9-4-5-10-8(12(9)14)7-15-16(10)11-3-1-2-6-17-11/h4-5,11,15H,1-3,6-7H2. The van der Waals surface area contributed by atoms with Gasteiger partial charge in [0.2, 0.25) is 0 Å². The molecule has 5 heteroatoms.